The Morgan fingerprint density at radius 2 is 1.74 bits per heavy atom. The molecule has 0 saturated heterocycles. The number of hydrogen-bond donors (Lipinski definition) is 3. The van der Waals surface area contributed by atoms with E-state index in [1.807, 2.05) is 6.92 Å². The van der Waals surface area contributed by atoms with Gasteiger partial charge in [-0.1, -0.05) is 44.2 Å². The number of anilines is 2. The Bertz CT molecular complexity index is 1640. The second-order valence-corrected chi connectivity index (χ2v) is 11.8. The van der Waals surface area contributed by atoms with E-state index in [1.54, 1.807) is 31.2 Å². The monoisotopic (exact) mass is 556 g/mol. The number of hydrogen-bond acceptors (Lipinski definition) is 10. The fourth-order valence-electron chi connectivity index (χ4n) is 3.65. The van der Waals surface area contributed by atoms with Crippen LogP contribution in [0.15, 0.2) is 63.5 Å². The van der Waals surface area contributed by atoms with E-state index in [-0.39, 0.29) is 39.6 Å². The molecule has 0 amide bonds. The fourth-order valence-corrected chi connectivity index (χ4v) is 4.90. The number of nitrogens with one attached hydrogen (secondary N) is 2. The molecule has 38 heavy (non-hydrogen) atoms. The van der Waals surface area contributed by atoms with Gasteiger partial charge < -0.3 is 10.6 Å². The number of sulfone groups is 1. The van der Waals surface area contributed by atoms with E-state index in [9.17, 15) is 26.7 Å². The Balaban J connectivity index is 2.12. The molecule has 0 bridgehead atoms. The maximum absolute atomic E-state index is 11.9. The van der Waals surface area contributed by atoms with Crippen molar-refractivity contribution < 1.29 is 21.4 Å². The van der Waals surface area contributed by atoms with Gasteiger partial charge in [0.05, 0.1) is 17.0 Å². The molecule has 0 fully saturated rings. The first kappa shape index (κ1) is 28.7. The predicted molar refractivity (Wildman–Crippen MR) is 147 cm³/mol. The largest absolute Gasteiger partial charge is 0.369 e. The van der Waals surface area contributed by atoms with Crippen molar-refractivity contribution >= 4 is 53.7 Å². The van der Waals surface area contributed by atoms with Gasteiger partial charge >= 0.3 is 0 Å². The molecule has 11 nitrogen and oxygen atoms in total. The molecular formula is C25H28N6O5S2. The zero-order valence-corrected chi connectivity index (χ0v) is 22.6. The van der Waals surface area contributed by atoms with Crippen LogP contribution in [0, 0.1) is 18.3 Å². The number of rotatable bonds is 12. The minimum absolute atomic E-state index is 0.00952. The van der Waals surface area contributed by atoms with Gasteiger partial charge in [-0.25, -0.2) is 13.4 Å². The number of nitriles is 1. The van der Waals surface area contributed by atoms with E-state index in [0.717, 1.165) is 18.2 Å². The molecule has 2 aromatic carbocycles. The summed E-state index contributed by atoms with van der Waals surface area (Å²) in [6, 6.07) is 11.3. The van der Waals surface area contributed by atoms with E-state index in [4.69, 9.17) is 0 Å². The highest BCUT2D eigenvalue weighted by molar-refractivity contribution is 7.94. The minimum atomic E-state index is -4.47. The van der Waals surface area contributed by atoms with Crippen LogP contribution in [0.2, 0.25) is 0 Å². The quantitative estimate of drug-likeness (QED) is 0.153. The van der Waals surface area contributed by atoms with Crippen LogP contribution in [0.4, 0.5) is 23.0 Å². The standard InChI is InChI=1S/C25H28N6O5S2/c1-4-6-13-27-24-20(16-26)17(3)23(25(29-24)28-14-15-37(32,33)5-2)31-30-21-11-12-22(38(34,35)36)19-10-8-7-9-18(19)21/h5,7-12H,2,4,6,13-15H2,1,3H3,(H2,27,28,29)(H,34,35,36). The Kier molecular flexibility index (Phi) is 9.16. The molecule has 0 atom stereocenters. The summed E-state index contributed by atoms with van der Waals surface area (Å²) < 4.78 is 57.0. The number of fused-ring (bicyclic) bond motifs is 1. The van der Waals surface area contributed by atoms with Crippen molar-refractivity contribution in [2.45, 2.75) is 31.6 Å². The molecule has 0 aliphatic heterocycles. The summed E-state index contributed by atoms with van der Waals surface area (Å²) in [5.41, 5.74) is 1.28. The van der Waals surface area contributed by atoms with Crippen LogP contribution < -0.4 is 10.6 Å². The van der Waals surface area contributed by atoms with Gasteiger partial charge in [-0.05, 0) is 25.5 Å². The van der Waals surface area contributed by atoms with Crippen LogP contribution in [0.3, 0.4) is 0 Å². The maximum Gasteiger partial charge on any atom is 0.295 e. The Morgan fingerprint density at radius 1 is 1.05 bits per heavy atom. The summed E-state index contributed by atoms with van der Waals surface area (Å²) in [5.74, 6) is 0.338. The van der Waals surface area contributed by atoms with Crippen LogP contribution in [0.25, 0.3) is 10.8 Å². The lowest BCUT2D eigenvalue weighted by Crippen LogP contribution is -2.15. The molecule has 200 valence electrons. The molecule has 3 N–H and O–H groups in total. The lowest BCUT2D eigenvalue weighted by Gasteiger charge is -2.15. The van der Waals surface area contributed by atoms with Gasteiger partial charge in [0.15, 0.2) is 15.7 Å². The van der Waals surface area contributed by atoms with E-state index in [2.05, 4.69) is 38.5 Å². The van der Waals surface area contributed by atoms with E-state index in [0.29, 0.717) is 29.0 Å². The van der Waals surface area contributed by atoms with Gasteiger partial charge in [-0.2, -0.15) is 13.7 Å². The molecule has 0 saturated carbocycles. The van der Waals surface area contributed by atoms with Crippen molar-refractivity contribution in [1.29, 1.82) is 5.26 Å². The normalized spacial score (nSPS) is 11.9. The fraction of sp³-hybridized carbons (Fsp3) is 0.280. The smallest absolute Gasteiger partial charge is 0.295 e. The highest BCUT2D eigenvalue weighted by Gasteiger charge is 2.19. The lowest BCUT2D eigenvalue weighted by molar-refractivity contribution is 0.484. The summed E-state index contributed by atoms with van der Waals surface area (Å²) >= 11 is 0. The molecule has 3 aromatic rings. The first-order valence-corrected chi connectivity index (χ1v) is 14.9. The topological polar surface area (TPSA) is 174 Å². The second kappa shape index (κ2) is 12.1. The highest BCUT2D eigenvalue weighted by Crippen LogP contribution is 2.37. The average molecular weight is 557 g/mol. The molecule has 0 aliphatic carbocycles. The Hall–Kier alpha value is -3.86. The molecule has 13 heteroatoms. The third kappa shape index (κ3) is 6.71. The summed E-state index contributed by atoms with van der Waals surface area (Å²) in [6.45, 7) is 7.64. The summed E-state index contributed by atoms with van der Waals surface area (Å²) in [6.07, 6.45) is 1.80. The number of pyridine rings is 1. The number of unbranched alkanes of at least 4 members (excludes halogenated alkanes) is 1. The third-order valence-corrected chi connectivity index (χ3v) is 7.87. The second-order valence-electron chi connectivity index (χ2n) is 8.31. The van der Waals surface area contributed by atoms with Crippen molar-refractivity contribution in [1.82, 2.24) is 4.98 Å². The molecule has 3 rings (SSSR count). The van der Waals surface area contributed by atoms with Gasteiger partial charge in [0.2, 0.25) is 0 Å². The average Bonchev–Trinajstić information content (AvgIpc) is 2.87. The summed E-state index contributed by atoms with van der Waals surface area (Å²) in [5, 5.41) is 26.2. The first-order valence-electron chi connectivity index (χ1n) is 11.7. The Morgan fingerprint density at radius 3 is 2.37 bits per heavy atom. The van der Waals surface area contributed by atoms with Crippen molar-refractivity contribution in [3.63, 3.8) is 0 Å². The lowest BCUT2D eigenvalue weighted by atomic mass is 10.1. The number of nitrogens with zero attached hydrogens (tertiary/aromatic N) is 4. The predicted octanol–water partition coefficient (Wildman–Crippen LogP) is 5.26. The van der Waals surface area contributed by atoms with Gasteiger partial charge in [0, 0.05) is 34.8 Å². The van der Waals surface area contributed by atoms with E-state index < -0.39 is 20.0 Å². The molecular weight excluding hydrogens is 528 g/mol. The molecule has 0 unspecified atom stereocenters. The number of aromatic nitrogens is 1. The van der Waals surface area contributed by atoms with Crippen molar-refractivity contribution in [2.75, 3.05) is 29.5 Å². The van der Waals surface area contributed by atoms with Gasteiger partial charge in [0.25, 0.3) is 10.1 Å². The summed E-state index contributed by atoms with van der Waals surface area (Å²) in [7, 11) is -7.93. The zero-order chi connectivity index (χ0) is 27.9. The number of azo groups is 1. The van der Waals surface area contributed by atoms with Gasteiger partial charge in [0.1, 0.15) is 22.5 Å². The Labute approximate surface area is 222 Å². The maximum atomic E-state index is 11.9. The summed E-state index contributed by atoms with van der Waals surface area (Å²) in [4.78, 5) is 4.25. The van der Waals surface area contributed by atoms with Crippen LogP contribution in [-0.2, 0) is 20.0 Å². The van der Waals surface area contributed by atoms with Gasteiger partial charge in [-0.15, -0.1) is 10.2 Å². The molecule has 1 aromatic heterocycles. The van der Waals surface area contributed by atoms with Crippen molar-refractivity contribution in [2.24, 2.45) is 10.2 Å². The van der Waals surface area contributed by atoms with Crippen molar-refractivity contribution in [3.8, 4) is 6.07 Å². The van der Waals surface area contributed by atoms with Crippen LogP contribution in [0.5, 0.6) is 0 Å². The van der Waals surface area contributed by atoms with E-state index in [1.165, 1.54) is 12.1 Å². The van der Waals surface area contributed by atoms with Crippen molar-refractivity contribution in [3.05, 3.63) is 59.5 Å². The molecule has 1 heterocycles. The third-order valence-electron chi connectivity index (χ3n) is 5.68. The SMILES string of the molecule is C=CS(=O)(=O)CCNc1nc(NCCCC)c(C#N)c(C)c1N=Nc1ccc(S(=O)(=O)O)c2ccccc12. The van der Waals surface area contributed by atoms with E-state index >= 15 is 0 Å². The van der Waals surface area contributed by atoms with Crippen LogP contribution in [-0.4, -0.2) is 45.2 Å². The van der Waals surface area contributed by atoms with Crippen LogP contribution in [0.1, 0.15) is 30.9 Å². The van der Waals surface area contributed by atoms with Crippen LogP contribution >= 0.6 is 0 Å². The molecule has 0 spiro atoms. The highest BCUT2D eigenvalue weighted by atomic mass is 32.2. The zero-order valence-electron chi connectivity index (χ0n) is 21.0. The molecule has 0 aliphatic rings. The minimum Gasteiger partial charge on any atom is -0.369 e. The van der Waals surface area contributed by atoms with Gasteiger partial charge in [-0.3, -0.25) is 4.55 Å². The molecule has 0 radical (unpaired) electrons. The number of benzene rings is 2. The first-order chi connectivity index (χ1) is 18.0.